The molecule has 0 bridgehead atoms. The van der Waals surface area contributed by atoms with Crippen molar-refractivity contribution < 1.29 is 8.78 Å². The van der Waals surface area contributed by atoms with Crippen LogP contribution < -0.4 is 15.1 Å². The van der Waals surface area contributed by atoms with Crippen molar-refractivity contribution in [2.75, 3.05) is 41.3 Å². The number of nitrogens with one attached hydrogen (secondary N) is 1. The van der Waals surface area contributed by atoms with Gasteiger partial charge in [0, 0.05) is 38.6 Å². The van der Waals surface area contributed by atoms with Crippen LogP contribution in [-0.2, 0) is 0 Å². The smallest absolute Gasteiger partial charge is 0.249 e. The van der Waals surface area contributed by atoms with Gasteiger partial charge in [-0.3, -0.25) is 0 Å². The van der Waals surface area contributed by atoms with E-state index in [1.165, 1.54) is 12.3 Å². The number of anilines is 4. The van der Waals surface area contributed by atoms with Gasteiger partial charge in [-0.25, -0.2) is 18.7 Å². The molecule has 0 radical (unpaired) electrons. The van der Waals surface area contributed by atoms with Gasteiger partial charge in [0.05, 0.1) is 6.20 Å². The van der Waals surface area contributed by atoms with Gasteiger partial charge in [-0.1, -0.05) is 6.07 Å². The molecule has 10 heteroatoms. The number of aromatic nitrogens is 5. The summed E-state index contributed by atoms with van der Waals surface area (Å²) in [6.45, 7) is 2.81. The van der Waals surface area contributed by atoms with Crippen molar-refractivity contribution in [3.8, 4) is 0 Å². The summed E-state index contributed by atoms with van der Waals surface area (Å²) in [6.07, 6.45) is 4.95. The number of hydrogen-bond donors (Lipinski definition) is 1. The molecule has 0 atom stereocenters. The molecule has 4 rings (SSSR count). The molecule has 1 saturated heterocycles. The van der Waals surface area contributed by atoms with Crippen LogP contribution in [0.15, 0.2) is 42.9 Å². The van der Waals surface area contributed by atoms with Gasteiger partial charge in [0.2, 0.25) is 11.9 Å². The van der Waals surface area contributed by atoms with Gasteiger partial charge in [-0.15, -0.1) is 5.10 Å². The van der Waals surface area contributed by atoms with E-state index in [9.17, 15) is 8.78 Å². The maximum atomic E-state index is 13.8. The molecule has 1 aliphatic rings. The first-order valence-corrected chi connectivity index (χ1v) is 8.38. The number of piperazine rings is 1. The van der Waals surface area contributed by atoms with Crippen LogP contribution in [0.2, 0.25) is 0 Å². The fourth-order valence-corrected chi connectivity index (χ4v) is 2.82. The second-order valence-electron chi connectivity index (χ2n) is 5.88. The standard InChI is InChI=1S/C17H16F2N8/c18-12-3-1-4-13(19)15(12)24-16-23-14(11-22-25-16)26-7-9-27(10-8-26)17-20-5-2-6-21-17/h1-6,11H,7-10H2,(H,23,24,25). The molecule has 27 heavy (non-hydrogen) atoms. The Morgan fingerprint density at radius 1 is 0.889 bits per heavy atom. The fraction of sp³-hybridized carbons (Fsp3) is 0.235. The predicted octanol–water partition coefficient (Wildman–Crippen LogP) is 2.01. The number of halogens is 2. The summed E-state index contributed by atoms with van der Waals surface area (Å²) < 4.78 is 27.6. The highest BCUT2D eigenvalue weighted by Crippen LogP contribution is 2.22. The number of rotatable bonds is 4. The molecule has 0 aliphatic carbocycles. The zero-order valence-electron chi connectivity index (χ0n) is 14.3. The van der Waals surface area contributed by atoms with E-state index in [0.717, 1.165) is 25.2 Å². The van der Waals surface area contributed by atoms with Gasteiger partial charge >= 0.3 is 0 Å². The SMILES string of the molecule is Fc1cccc(F)c1Nc1nncc(N2CCN(c3ncccn3)CC2)n1. The first-order valence-electron chi connectivity index (χ1n) is 8.38. The average molecular weight is 370 g/mol. The topological polar surface area (TPSA) is 83.0 Å². The molecule has 1 N–H and O–H groups in total. The molecule has 138 valence electrons. The molecule has 3 aromatic rings. The molecular formula is C17H16F2N8. The average Bonchev–Trinajstić information content (AvgIpc) is 2.72. The predicted molar refractivity (Wildman–Crippen MR) is 95.9 cm³/mol. The van der Waals surface area contributed by atoms with Crippen LogP contribution in [0.4, 0.5) is 32.2 Å². The summed E-state index contributed by atoms with van der Waals surface area (Å²) in [7, 11) is 0. The number of hydrogen-bond acceptors (Lipinski definition) is 8. The maximum Gasteiger partial charge on any atom is 0.249 e. The Hall–Kier alpha value is -3.43. The van der Waals surface area contributed by atoms with Crippen LogP contribution in [0.1, 0.15) is 0 Å². The number of para-hydroxylation sites is 1. The van der Waals surface area contributed by atoms with Crippen molar-refractivity contribution in [3.63, 3.8) is 0 Å². The van der Waals surface area contributed by atoms with Crippen LogP contribution in [0.5, 0.6) is 0 Å². The van der Waals surface area contributed by atoms with Crippen LogP contribution in [-0.4, -0.2) is 51.3 Å². The molecule has 1 fully saturated rings. The molecule has 0 saturated carbocycles. The Bertz CT molecular complexity index is 896. The summed E-state index contributed by atoms with van der Waals surface area (Å²) in [4.78, 5) is 16.9. The Kier molecular flexibility index (Phi) is 4.69. The van der Waals surface area contributed by atoms with Gasteiger partial charge in [-0.05, 0) is 18.2 Å². The molecule has 2 aromatic heterocycles. The van der Waals surface area contributed by atoms with E-state index in [4.69, 9.17) is 0 Å². The van der Waals surface area contributed by atoms with Crippen molar-refractivity contribution >= 4 is 23.4 Å². The molecular weight excluding hydrogens is 354 g/mol. The zero-order chi connectivity index (χ0) is 18.6. The van der Waals surface area contributed by atoms with E-state index in [0.29, 0.717) is 24.9 Å². The summed E-state index contributed by atoms with van der Waals surface area (Å²) in [5.41, 5.74) is -0.303. The Labute approximate surface area is 153 Å². The minimum atomic E-state index is -0.722. The molecule has 0 spiro atoms. The lowest BCUT2D eigenvalue weighted by molar-refractivity contribution is 0.590. The van der Waals surface area contributed by atoms with Crippen molar-refractivity contribution in [1.82, 2.24) is 25.1 Å². The lowest BCUT2D eigenvalue weighted by Gasteiger charge is -2.35. The highest BCUT2D eigenvalue weighted by atomic mass is 19.1. The van der Waals surface area contributed by atoms with Crippen molar-refractivity contribution in [1.29, 1.82) is 0 Å². The third kappa shape index (κ3) is 3.73. The Morgan fingerprint density at radius 2 is 1.56 bits per heavy atom. The van der Waals surface area contributed by atoms with E-state index >= 15 is 0 Å². The highest BCUT2D eigenvalue weighted by molar-refractivity contribution is 5.56. The molecule has 0 unspecified atom stereocenters. The number of benzene rings is 1. The largest absolute Gasteiger partial charge is 0.352 e. The maximum absolute atomic E-state index is 13.8. The van der Waals surface area contributed by atoms with Crippen LogP contribution in [0.25, 0.3) is 0 Å². The Morgan fingerprint density at radius 3 is 2.26 bits per heavy atom. The quantitative estimate of drug-likeness (QED) is 0.747. The molecule has 8 nitrogen and oxygen atoms in total. The summed E-state index contributed by atoms with van der Waals surface area (Å²) in [6, 6.07) is 5.39. The minimum absolute atomic E-state index is 0.0327. The van der Waals surface area contributed by atoms with Gasteiger partial charge in [0.1, 0.15) is 17.3 Å². The van der Waals surface area contributed by atoms with Gasteiger partial charge in [-0.2, -0.15) is 10.1 Å². The second kappa shape index (κ2) is 7.44. The van der Waals surface area contributed by atoms with Crippen LogP contribution in [0, 0.1) is 11.6 Å². The summed E-state index contributed by atoms with van der Waals surface area (Å²) in [5.74, 6) is -0.139. The fourth-order valence-electron chi connectivity index (χ4n) is 2.82. The van der Waals surface area contributed by atoms with Crippen LogP contribution >= 0.6 is 0 Å². The lowest BCUT2D eigenvalue weighted by Crippen LogP contribution is -2.47. The van der Waals surface area contributed by atoms with Crippen molar-refractivity contribution in [2.45, 2.75) is 0 Å². The third-order valence-corrected chi connectivity index (χ3v) is 4.18. The van der Waals surface area contributed by atoms with E-state index in [2.05, 4.69) is 35.4 Å². The first-order chi connectivity index (χ1) is 13.2. The number of nitrogens with zero attached hydrogens (tertiary/aromatic N) is 7. The summed E-state index contributed by atoms with van der Waals surface area (Å²) in [5, 5.41) is 10.3. The van der Waals surface area contributed by atoms with Gasteiger partial charge in [0.15, 0.2) is 5.82 Å². The zero-order valence-corrected chi connectivity index (χ0v) is 14.3. The highest BCUT2D eigenvalue weighted by Gasteiger charge is 2.20. The molecule has 1 aliphatic heterocycles. The summed E-state index contributed by atoms with van der Waals surface area (Å²) >= 11 is 0. The lowest BCUT2D eigenvalue weighted by atomic mass is 10.3. The van der Waals surface area contributed by atoms with Crippen molar-refractivity contribution in [2.24, 2.45) is 0 Å². The third-order valence-electron chi connectivity index (χ3n) is 4.18. The van der Waals surface area contributed by atoms with Crippen molar-refractivity contribution in [3.05, 3.63) is 54.5 Å². The van der Waals surface area contributed by atoms with E-state index < -0.39 is 11.6 Å². The van der Waals surface area contributed by atoms with Gasteiger partial charge < -0.3 is 15.1 Å². The molecule has 3 heterocycles. The second-order valence-corrected chi connectivity index (χ2v) is 5.88. The van der Waals surface area contributed by atoms with Crippen LogP contribution in [0.3, 0.4) is 0 Å². The van der Waals surface area contributed by atoms with E-state index in [1.807, 2.05) is 4.90 Å². The minimum Gasteiger partial charge on any atom is -0.352 e. The van der Waals surface area contributed by atoms with Gasteiger partial charge in [0.25, 0.3) is 0 Å². The molecule has 1 aromatic carbocycles. The molecule has 0 amide bonds. The normalized spacial score (nSPS) is 14.3. The van der Waals surface area contributed by atoms with E-state index in [-0.39, 0.29) is 11.6 Å². The first kappa shape index (κ1) is 17.0. The monoisotopic (exact) mass is 370 g/mol. The van der Waals surface area contributed by atoms with E-state index in [1.54, 1.807) is 18.5 Å². The Balaban J connectivity index is 1.46.